The molecule has 2 aromatic rings. The second-order valence-corrected chi connectivity index (χ2v) is 9.38. The SMILES string of the molecule is O=S1(=O)CC2(CCC(NCc3cnn(-c4ccccc4)c3)CC2)C1. The lowest BCUT2D eigenvalue weighted by atomic mass is 9.74. The van der Waals surface area contributed by atoms with Crippen molar-refractivity contribution < 1.29 is 8.42 Å². The summed E-state index contributed by atoms with van der Waals surface area (Å²) in [5, 5.41) is 8.03. The van der Waals surface area contributed by atoms with Crippen LogP contribution in [0.1, 0.15) is 31.2 Å². The summed E-state index contributed by atoms with van der Waals surface area (Å²) in [6.07, 6.45) is 8.18. The highest BCUT2D eigenvalue weighted by molar-refractivity contribution is 7.92. The van der Waals surface area contributed by atoms with E-state index in [1.165, 1.54) is 5.56 Å². The number of sulfone groups is 1. The molecule has 0 radical (unpaired) electrons. The Labute approximate surface area is 143 Å². The molecule has 6 heteroatoms. The van der Waals surface area contributed by atoms with Gasteiger partial charge in [0, 0.05) is 24.3 Å². The van der Waals surface area contributed by atoms with Crippen molar-refractivity contribution in [3.63, 3.8) is 0 Å². The molecule has 1 saturated carbocycles. The molecule has 4 rings (SSSR count). The molecule has 128 valence electrons. The average Bonchev–Trinajstić information content (AvgIpc) is 3.02. The highest BCUT2D eigenvalue weighted by Gasteiger charge is 2.49. The second-order valence-electron chi connectivity index (χ2n) is 7.32. The number of nitrogens with one attached hydrogen (secondary N) is 1. The predicted octanol–water partition coefficient (Wildman–Crippen LogP) is 2.32. The van der Waals surface area contributed by atoms with Crippen LogP contribution in [0.25, 0.3) is 5.69 Å². The maximum Gasteiger partial charge on any atom is 0.151 e. The van der Waals surface area contributed by atoms with Crippen LogP contribution in [0, 0.1) is 5.41 Å². The Bertz CT molecular complexity index is 792. The van der Waals surface area contributed by atoms with Crippen molar-refractivity contribution in [1.82, 2.24) is 15.1 Å². The van der Waals surface area contributed by atoms with Crippen LogP contribution in [0.4, 0.5) is 0 Å². The summed E-state index contributed by atoms with van der Waals surface area (Å²) in [6.45, 7) is 0.808. The van der Waals surface area contributed by atoms with Crippen molar-refractivity contribution in [2.24, 2.45) is 5.41 Å². The first-order valence-electron chi connectivity index (χ1n) is 8.57. The van der Waals surface area contributed by atoms with Crippen molar-refractivity contribution in [2.45, 2.75) is 38.3 Å². The maximum atomic E-state index is 11.4. The van der Waals surface area contributed by atoms with E-state index < -0.39 is 9.84 Å². The second kappa shape index (κ2) is 6.01. The molecule has 0 atom stereocenters. The van der Waals surface area contributed by atoms with E-state index in [4.69, 9.17) is 0 Å². The summed E-state index contributed by atoms with van der Waals surface area (Å²) in [5.74, 6) is 0.827. The van der Waals surface area contributed by atoms with Gasteiger partial charge in [0.05, 0.1) is 23.4 Å². The fourth-order valence-corrected chi connectivity index (χ4v) is 6.41. The Kier molecular flexibility index (Phi) is 3.96. The molecule has 1 aliphatic carbocycles. The fourth-order valence-electron chi connectivity index (χ4n) is 4.05. The minimum atomic E-state index is -2.72. The van der Waals surface area contributed by atoms with Crippen molar-refractivity contribution in [2.75, 3.05) is 11.5 Å². The van der Waals surface area contributed by atoms with Crippen LogP contribution >= 0.6 is 0 Å². The van der Waals surface area contributed by atoms with Crippen LogP contribution < -0.4 is 5.32 Å². The Morgan fingerprint density at radius 1 is 1.17 bits per heavy atom. The minimum absolute atomic E-state index is 0.106. The standard InChI is InChI=1S/C18H23N3O2S/c22-24(23)13-18(14-24)8-6-16(7-9-18)19-10-15-11-20-21(12-15)17-4-2-1-3-5-17/h1-5,11-12,16,19H,6-10,13-14H2. The van der Waals surface area contributed by atoms with E-state index in [-0.39, 0.29) is 5.41 Å². The topological polar surface area (TPSA) is 64.0 Å². The lowest BCUT2D eigenvalue weighted by molar-refractivity contribution is 0.193. The molecule has 5 nitrogen and oxygen atoms in total. The van der Waals surface area contributed by atoms with Crippen molar-refractivity contribution in [3.8, 4) is 5.69 Å². The molecule has 0 bridgehead atoms. The molecule has 1 N–H and O–H groups in total. The molecule has 0 unspecified atom stereocenters. The number of nitrogens with zero attached hydrogens (tertiary/aromatic N) is 2. The highest BCUT2D eigenvalue weighted by atomic mass is 32.2. The summed E-state index contributed by atoms with van der Waals surface area (Å²) >= 11 is 0. The Hall–Kier alpha value is -1.66. The van der Waals surface area contributed by atoms with E-state index >= 15 is 0 Å². The van der Waals surface area contributed by atoms with Gasteiger partial charge in [-0.2, -0.15) is 5.10 Å². The Morgan fingerprint density at radius 3 is 2.54 bits per heavy atom. The lowest BCUT2D eigenvalue weighted by Gasteiger charge is -2.46. The van der Waals surface area contributed by atoms with Gasteiger partial charge < -0.3 is 5.32 Å². The molecule has 2 aliphatic rings. The van der Waals surface area contributed by atoms with E-state index in [1.54, 1.807) is 0 Å². The van der Waals surface area contributed by atoms with E-state index in [9.17, 15) is 8.42 Å². The lowest BCUT2D eigenvalue weighted by Crippen LogP contribution is -2.52. The average molecular weight is 345 g/mol. The van der Waals surface area contributed by atoms with Gasteiger partial charge in [-0.15, -0.1) is 0 Å². The van der Waals surface area contributed by atoms with Crippen molar-refractivity contribution >= 4 is 9.84 Å². The number of benzene rings is 1. The quantitative estimate of drug-likeness (QED) is 0.924. The zero-order chi connectivity index (χ0) is 16.6. The number of rotatable bonds is 4. The van der Waals surface area contributed by atoms with Crippen LogP contribution in [0.5, 0.6) is 0 Å². The monoisotopic (exact) mass is 345 g/mol. The van der Waals surface area contributed by atoms with Gasteiger partial charge in [0.2, 0.25) is 0 Å². The summed E-state index contributed by atoms with van der Waals surface area (Å²) in [6, 6.07) is 10.6. The molecule has 1 saturated heterocycles. The van der Waals surface area contributed by atoms with Gasteiger partial charge in [0.25, 0.3) is 0 Å². The third-order valence-electron chi connectivity index (χ3n) is 5.35. The zero-order valence-corrected chi connectivity index (χ0v) is 14.5. The summed E-state index contributed by atoms with van der Waals surface area (Å²) in [5.41, 5.74) is 2.34. The van der Waals surface area contributed by atoms with E-state index in [1.807, 2.05) is 41.2 Å². The fraction of sp³-hybridized carbons (Fsp3) is 0.500. The van der Waals surface area contributed by atoms with E-state index in [2.05, 4.69) is 16.6 Å². The third kappa shape index (κ3) is 3.26. The van der Waals surface area contributed by atoms with Gasteiger partial charge >= 0.3 is 0 Å². The molecule has 1 aromatic carbocycles. The minimum Gasteiger partial charge on any atom is -0.310 e. The summed E-state index contributed by atoms with van der Waals surface area (Å²) in [7, 11) is -2.72. The maximum absolute atomic E-state index is 11.4. The molecule has 1 aromatic heterocycles. The first-order chi connectivity index (χ1) is 11.5. The Morgan fingerprint density at radius 2 is 1.88 bits per heavy atom. The highest BCUT2D eigenvalue weighted by Crippen LogP contribution is 2.45. The summed E-state index contributed by atoms with van der Waals surface area (Å²) in [4.78, 5) is 0. The molecular formula is C18H23N3O2S. The van der Waals surface area contributed by atoms with Crippen molar-refractivity contribution in [1.29, 1.82) is 0 Å². The van der Waals surface area contributed by atoms with Crippen LogP contribution in [0.15, 0.2) is 42.7 Å². The van der Waals surface area contributed by atoms with Gasteiger partial charge in [-0.05, 0) is 43.2 Å². The van der Waals surface area contributed by atoms with Crippen LogP contribution in [-0.2, 0) is 16.4 Å². The van der Waals surface area contributed by atoms with Gasteiger partial charge in [-0.3, -0.25) is 0 Å². The van der Waals surface area contributed by atoms with Gasteiger partial charge in [-0.1, -0.05) is 18.2 Å². The molecule has 1 aliphatic heterocycles. The Balaban J connectivity index is 1.29. The van der Waals surface area contributed by atoms with Crippen LogP contribution in [-0.4, -0.2) is 35.7 Å². The van der Waals surface area contributed by atoms with Gasteiger partial charge in [0.1, 0.15) is 0 Å². The first kappa shape index (κ1) is 15.8. The molecule has 2 fully saturated rings. The first-order valence-corrected chi connectivity index (χ1v) is 10.4. The van der Waals surface area contributed by atoms with Crippen LogP contribution in [0.3, 0.4) is 0 Å². The molecule has 1 spiro atoms. The normalized spacial score (nSPS) is 22.3. The number of hydrogen-bond donors (Lipinski definition) is 1. The van der Waals surface area contributed by atoms with E-state index in [0.29, 0.717) is 17.5 Å². The smallest absolute Gasteiger partial charge is 0.151 e. The number of hydrogen-bond acceptors (Lipinski definition) is 4. The molecule has 24 heavy (non-hydrogen) atoms. The number of para-hydroxylation sites is 1. The van der Waals surface area contributed by atoms with Gasteiger partial charge in [-0.25, -0.2) is 13.1 Å². The zero-order valence-electron chi connectivity index (χ0n) is 13.7. The molecule has 0 amide bonds. The predicted molar refractivity (Wildman–Crippen MR) is 93.7 cm³/mol. The summed E-state index contributed by atoms with van der Waals surface area (Å²) < 4.78 is 24.8. The van der Waals surface area contributed by atoms with Crippen molar-refractivity contribution in [3.05, 3.63) is 48.3 Å². The van der Waals surface area contributed by atoms with Gasteiger partial charge in [0.15, 0.2) is 9.84 Å². The third-order valence-corrected chi connectivity index (χ3v) is 7.45. The number of aromatic nitrogens is 2. The molecular weight excluding hydrogens is 322 g/mol. The largest absolute Gasteiger partial charge is 0.310 e. The van der Waals surface area contributed by atoms with E-state index in [0.717, 1.165) is 37.9 Å². The molecule has 2 heterocycles. The van der Waals surface area contributed by atoms with Crippen LogP contribution in [0.2, 0.25) is 0 Å².